The molecule has 3 aromatic carbocycles. The predicted octanol–water partition coefficient (Wildman–Crippen LogP) is 6.01. The Balaban J connectivity index is 1.32. The fraction of sp³-hybridized carbons (Fsp3) is 0.250. The molecule has 3 atom stereocenters. The van der Waals surface area contributed by atoms with Gasteiger partial charge in [0.1, 0.15) is 0 Å². The smallest absolute Gasteiger partial charge is 0.269 e. The van der Waals surface area contributed by atoms with Crippen LogP contribution < -0.4 is 10.2 Å². The number of hydrogen-bond donors (Lipinski definition) is 1. The Hall–Kier alpha value is -3.93. The molecule has 0 aromatic heterocycles. The maximum absolute atomic E-state index is 13.5. The number of non-ortho nitro benzene ring substituents is 1. The SMILES string of the molecule is O=C(c1ccc2c(c1)[C@H]1C=CC[C@@H]1[C@H](c1ccc([N+](=O)[O-])cc1)N2)N1CCCc2ccccc21. The third-order valence-electron chi connectivity index (χ3n) is 7.43. The highest BCUT2D eigenvalue weighted by Crippen LogP contribution is 2.50. The highest BCUT2D eigenvalue weighted by atomic mass is 16.6. The van der Waals surface area contributed by atoms with Gasteiger partial charge in [-0.15, -0.1) is 0 Å². The monoisotopic (exact) mass is 451 g/mol. The van der Waals surface area contributed by atoms with Gasteiger partial charge in [-0.1, -0.05) is 42.5 Å². The number of rotatable bonds is 3. The highest BCUT2D eigenvalue weighted by molar-refractivity contribution is 6.07. The Kier molecular flexibility index (Phi) is 4.94. The number of carbonyl (C=O) groups is 1. The summed E-state index contributed by atoms with van der Waals surface area (Å²) in [7, 11) is 0. The number of nitro benzene ring substituents is 1. The first kappa shape index (κ1) is 20.7. The lowest BCUT2D eigenvalue weighted by molar-refractivity contribution is -0.384. The van der Waals surface area contributed by atoms with Gasteiger partial charge in [0, 0.05) is 41.5 Å². The van der Waals surface area contributed by atoms with Gasteiger partial charge in [0.2, 0.25) is 0 Å². The van der Waals surface area contributed by atoms with Crippen LogP contribution in [-0.2, 0) is 6.42 Å². The van der Waals surface area contributed by atoms with E-state index < -0.39 is 0 Å². The van der Waals surface area contributed by atoms with E-state index in [-0.39, 0.29) is 28.5 Å². The van der Waals surface area contributed by atoms with Crippen molar-refractivity contribution < 1.29 is 9.72 Å². The first-order valence-electron chi connectivity index (χ1n) is 11.8. The number of fused-ring (bicyclic) bond motifs is 4. The maximum Gasteiger partial charge on any atom is 0.269 e. The summed E-state index contributed by atoms with van der Waals surface area (Å²) in [5, 5.41) is 14.7. The number of nitrogens with one attached hydrogen (secondary N) is 1. The van der Waals surface area contributed by atoms with E-state index in [0.29, 0.717) is 11.5 Å². The van der Waals surface area contributed by atoms with Crippen LogP contribution in [0.4, 0.5) is 17.1 Å². The van der Waals surface area contributed by atoms with E-state index in [1.807, 2.05) is 47.4 Å². The molecule has 6 heteroatoms. The summed E-state index contributed by atoms with van der Waals surface area (Å²) in [6.07, 6.45) is 7.36. The second-order valence-corrected chi connectivity index (χ2v) is 9.32. The Morgan fingerprint density at radius 1 is 1.06 bits per heavy atom. The van der Waals surface area contributed by atoms with E-state index in [1.165, 1.54) is 5.56 Å². The van der Waals surface area contributed by atoms with Crippen LogP contribution in [0.2, 0.25) is 0 Å². The van der Waals surface area contributed by atoms with Gasteiger partial charge in [0.15, 0.2) is 0 Å². The van der Waals surface area contributed by atoms with Crippen LogP contribution >= 0.6 is 0 Å². The van der Waals surface area contributed by atoms with E-state index in [1.54, 1.807) is 12.1 Å². The number of amides is 1. The zero-order chi connectivity index (χ0) is 23.2. The number of hydrogen-bond acceptors (Lipinski definition) is 4. The molecule has 2 aliphatic heterocycles. The fourth-order valence-electron chi connectivity index (χ4n) is 5.76. The predicted molar refractivity (Wildman–Crippen MR) is 132 cm³/mol. The average molecular weight is 452 g/mol. The molecule has 0 fully saturated rings. The maximum atomic E-state index is 13.5. The summed E-state index contributed by atoms with van der Waals surface area (Å²) in [5.41, 5.74) is 6.27. The van der Waals surface area contributed by atoms with Crippen molar-refractivity contribution in [2.45, 2.75) is 31.2 Å². The molecule has 170 valence electrons. The van der Waals surface area contributed by atoms with Gasteiger partial charge in [-0.25, -0.2) is 0 Å². The first-order chi connectivity index (χ1) is 16.6. The zero-order valence-corrected chi connectivity index (χ0v) is 18.7. The molecule has 3 aliphatic rings. The fourth-order valence-corrected chi connectivity index (χ4v) is 5.76. The number of nitro groups is 1. The van der Waals surface area contributed by atoms with Gasteiger partial charge in [-0.05, 0) is 66.1 Å². The number of aryl methyl sites for hydroxylation is 1. The zero-order valence-electron chi connectivity index (χ0n) is 18.7. The molecule has 0 saturated carbocycles. The molecule has 0 unspecified atom stereocenters. The van der Waals surface area contributed by atoms with Crippen LogP contribution in [0.25, 0.3) is 0 Å². The van der Waals surface area contributed by atoms with Crippen LogP contribution in [0, 0.1) is 16.0 Å². The van der Waals surface area contributed by atoms with Crippen LogP contribution in [0.15, 0.2) is 78.9 Å². The van der Waals surface area contributed by atoms with Gasteiger partial charge in [-0.3, -0.25) is 14.9 Å². The molecule has 1 amide bonds. The molecule has 1 aliphatic carbocycles. The molecule has 0 saturated heterocycles. The minimum absolute atomic E-state index is 0.0472. The quantitative estimate of drug-likeness (QED) is 0.300. The largest absolute Gasteiger partial charge is 0.378 e. The summed E-state index contributed by atoms with van der Waals surface area (Å²) in [5.74, 6) is 0.554. The van der Waals surface area contributed by atoms with Gasteiger partial charge >= 0.3 is 0 Å². The lowest BCUT2D eigenvalue weighted by atomic mass is 9.76. The molecule has 6 nitrogen and oxygen atoms in total. The van der Waals surface area contributed by atoms with Gasteiger partial charge in [0.25, 0.3) is 11.6 Å². The number of benzene rings is 3. The summed E-state index contributed by atoms with van der Waals surface area (Å²) < 4.78 is 0. The third kappa shape index (κ3) is 3.37. The van der Waals surface area contributed by atoms with Crippen molar-refractivity contribution in [1.29, 1.82) is 0 Å². The molecule has 6 rings (SSSR count). The summed E-state index contributed by atoms with van der Waals surface area (Å²) >= 11 is 0. The highest BCUT2D eigenvalue weighted by Gasteiger charge is 2.38. The summed E-state index contributed by atoms with van der Waals surface area (Å²) in [6, 6.07) is 21.1. The minimum Gasteiger partial charge on any atom is -0.378 e. The van der Waals surface area contributed by atoms with E-state index in [2.05, 4.69) is 29.6 Å². The minimum atomic E-state index is -0.368. The van der Waals surface area contributed by atoms with Crippen molar-refractivity contribution in [3.8, 4) is 0 Å². The van der Waals surface area contributed by atoms with Crippen LogP contribution in [0.1, 0.15) is 51.8 Å². The number of allylic oxidation sites excluding steroid dienone is 2. The van der Waals surface area contributed by atoms with Crippen LogP contribution in [0.5, 0.6) is 0 Å². The van der Waals surface area contributed by atoms with E-state index >= 15 is 0 Å². The molecular formula is C28H25N3O3. The van der Waals surface area contributed by atoms with E-state index in [9.17, 15) is 14.9 Å². The number of carbonyl (C=O) groups excluding carboxylic acids is 1. The number of anilines is 2. The second kappa shape index (κ2) is 8.13. The molecular weight excluding hydrogens is 426 g/mol. The molecule has 1 N–H and O–H groups in total. The van der Waals surface area contributed by atoms with E-state index in [0.717, 1.165) is 48.3 Å². The summed E-state index contributed by atoms with van der Waals surface area (Å²) in [6.45, 7) is 0.735. The Morgan fingerprint density at radius 2 is 1.88 bits per heavy atom. The van der Waals surface area contributed by atoms with Crippen molar-refractivity contribution in [2.24, 2.45) is 5.92 Å². The molecule has 3 aromatic rings. The van der Waals surface area contributed by atoms with Crippen molar-refractivity contribution in [3.05, 3.63) is 111 Å². The molecule has 0 bridgehead atoms. The molecule has 0 spiro atoms. The summed E-state index contributed by atoms with van der Waals surface area (Å²) in [4.78, 5) is 26.1. The van der Waals surface area contributed by atoms with Crippen molar-refractivity contribution >= 4 is 23.0 Å². The number of nitrogens with zero attached hydrogens (tertiary/aromatic N) is 2. The molecule has 0 radical (unpaired) electrons. The lowest BCUT2D eigenvalue weighted by Crippen LogP contribution is -2.36. The Bertz CT molecular complexity index is 1310. The van der Waals surface area contributed by atoms with Crippen molar-refractivity contribution in [3.63, 3.8) is 0 Å². The second-order valence-electron chi connectivity index (χ2n) is 9.32. The van der Waals surface area contributed by atoms with Gasteiger partial charge in [0.05, 0.1) is 11.0 Å². The van der Waals surface area contributed by atoms with Gasteiger partial charge < -0.3 is 10.2 Å². The standard InChI is InChI=1S/C28H25N3O3/c32-28(30-16-4-6-18-5-1-2-9-26(18)30)20-12-15-25-24(17-20)22-7-3-8-23(22)27(29-25)19-10-13-21(14-11-19)31(33)34/h1-3,5,7,9-15,17,22-23,27,29H,4,6,8,16H2/t22-,23-,27-/m0/s1. The normalized spacial score (nSPS) is 22.4. The topological polar surface area (TPSA) is 75.5 Å². The molecule has 2 heterocycles. The number of para-hydroxylation sites is 1. The van der Waals surface area contributed by atoms with Gasteiger partial charge in [-0.2, -0.15) is 0 Å². The van der Waals surface area contributed by atoms with Crippen molar-refractivity contribution in [1.82, 2.24) is 0 Å². The third-order valence-corrected chi connectivity index (χ3v) is 7.43. The average Bonchev–Trinajstić information content (AvgIpc) is 3.38. The first-order valence-corrected chi connectivity index (χ1v) is 11.8. The van der Waals surface area contributed by atoms with Crippen LogP contribution in [0.3, 0.4) is 0 Å². The van der Waals surface area contributed by atoms with E-state index in [4.69, 9.17) is 0 Å². The molecule has 34 heavy (non-hydrogen) atoms. The Morgan fingerprint density at radius 3 is 2.71 bits per heavy atom. The lowest BCUT2D eigenvalue weighted by Gasteiger charge is -2.38. The Labute approximate surface area is 198 Å². The van der Waals surface area contributed by atoms with Crippen molar-refractivity contribution in [2.75, 3.05) is 16.8 Å². The van der Waals surface area contributed by atoms with Crippen LogP contribution in [-0.4, -0.2) is 17.4 Å².